The molecule has 208 valence electrons. The van der Waals surface area contributed by atoms with E-state index in [1.807, 2.05) is 44.1 Å². The molecule has 4 N–H and O–H groups in total. The van der Waals surface area contributed by atoms with Crippen LogP contribution in [0.1, 0.15) is 35.0 Å². The van der Waals surface area contributed by atoms with Gasteiger partial charge in [-0.3, -0.25) is 14.6 Å². The lowest BCUT2D eigenvalue weighted by Crippen LogP contribution is -2.32. The lowest BCUT2D eigenvalue weighted by Gasteiger charge is -2.17. The number of carbonyl (C=O) groups excluding carboxylic acids is 2. The number of aromatic amines is 1. The van der Waals surface area contributed by atoms with Crippen molar-refractivity contribution in [1.82, 2.24) is 25.5 Å². The number of hydrogen-bond acceptors (Lipinski definition) is 6. The summed E-state index contributed by atoms with van der Waals surface area (Å²) >= 11 is 6.37. The molecular weight excluding hydrogens is 528 g/mol. The molecule has 40 heavy (non-hydrogen) atoms. The molecule has 0 aliphatic carbocycles. The molecule has 0 fully saturated rings. The van der Waals surface area contributed by atoms with E-state index in [1.54, 1.807) is 31.6 Å². The number of hydrogen-bond donors (Lipinski definition) is 4. The number of para-hydroxylation sites is 1. The molecule has 1 atom stereocenters. The molecule has 2 aromatic heterocycles. The third-order valence-electron chi connectivity index (χ3n) is 6.33. The quantitative estimate of drug-likeness (QED) is 0.231. The first-order valence-corrected chi connectivity index (χ1v) is 13.4. The lowest BCUT2D eigenvalue weighted by molar-refractivity contribution is -0.116. The zero-order chi connectivity index (χ0) is 28.6. The van der Waals surface area contributed by atoms with E-state index in [1.165, 1.54) is 6.08 Å². The molecule has 4 rings (SSSR count). The minimum Gasteiger partial charge on any atom is -0.493 e. The van der Waals surface area contributed by atoms with Gasteiger partial charge in [0.2, 0.25) is 5.91 Å². The van der Waals surface area contributed by atoms with Crippen LogP contribution in [0.2, 0.25) is 5.02 Å². The molecule has 0 spiro atoms. The number of amides is 2. The van der Waals surface area contributed by atoms with E-state index in [-0.39, 0.29) is 17.9 Å². The van der Waals surface area contributed by atoms with E-state index >= 15 is 0 Å². The van der Waals surface area contributed by atoms with Gasteiger partial charge in [0.1, 0.15) is 0 Å². The zero-order valence-electron chi connectivity index (χ0n) is 23.0. The van der Waals surface area contributed by atoms with Crippen LogP contribution >= 0.6 is 11.6 Å². The zero-order valence-corrected chi connectivity index (χ0v) is 23.8. The molecule has 0 unspecified atom stereocenters. The van der Waals surface area contributed by atoms with Crippen molar-refractivity contribution in [3.8, 4) is 28.8 Å². The van der Waals surface area contributed by atoms with Gasteiger partial charge in [0.25, 0.3) is 5.91 Å². The normalized spacial score (nSPS) is 13.3. The minimum atomic E-state index is -0.347. The number of rotatable bonds is 9. The van der Waals surface area contributed by atoms with Crippen LogP contribution in [0, 0.1) is 11.8 Å². The van der Waals surface area contributed by atoms with Gasteiger partial charge in [-0.05, 0) is 38.7 Å². The maximum Gasteiger partial charge on any atom is 0.255 e. The molecular formula is C30H33ClN6O3. The molecule has 10 heteroatoms. The summed E-state index contributed by atoms with van der Waals surface area (Å²) in [4.78, 5) is 35.1. The first-order valence-electron chi connectivity index (χ1n) is 13.0. The van der Waals surface area contributed by atoms with Crippen LogP contribution in [0.15, 0.2) is 48.8 Å². The molecule has 0 saturated carbocycles. The number of nitrogens with zero attached hydrogens (tertiary/aromatic N) is 2. The number of methoxy groups -OCH3 is 1. The van der Waals surface area contributed by atoms with Crippen LogP contribution in [0.3, 0.4) is 0 Å². The van der Waals surface area contributed by atoms with E-state index in [2.05, 4.69) is 37.8 Å². The topological polar surface area (TPSA) is 111 Å². The van der Waals surface area contributed by atoms with E-state index in [0.717, 1.165) is 11.3 Å². The SMILES string of the molecule is CC[C@H](C#Cc1cnccc1-c1[nH]c2c(c1Nc1cccc(Cl)c1OC)C(=O)NCC2)NC(=O)/C=C/CN(C)C. The first-order chi connectivity index (χ1) is 19.3. The molecule has 1 aliphatic heterocycles. The molecule has 3 aromatic rings. The van der Waals surface area contributed by atoms with Gasteiger partial charge in [0.05, 0.1) is 46.4 Å². The summed E-state index contributed by atoms with van der Waals surface area (Å²) in [5.41, 5.74) is 4.67. The van der Waals surface area contributed by atoms with Gasteiger partial charge < -0.3 is 30.6 Å². The summed E-state index contributed by atoms with van der Waals surface area (Å²) < 4.78 is 5.53. The number of fused-ring (bicyclic) bond motifs is 1. The summed E-state index contributed by atoms with van der Waals surface area (Å²) in [6.07, 6.45) is 7.97. The summed E-state index contributed by atoms with van der Waals surface area (Å²) in [5, 5.41) is 9.70. The van der Waals surface area contributed by atoms with Crippen molar-refractivity contribution in [3.05, 3.63) is 70.7 Å². The second kappa shape index (κ2) is 13.2. The number of ether oxygens (including phenoxy) is 1. The molecule has 9 nitrogen and oxygen atoms in total. The van der Waals surface area contributed by atoms with Crippen LogP contribution in [-0.2, 0) is 11.2 Å². The maximum atomic E-state index is 13.0. The Kier molecular flexibility index (Phi) is 9.48. The van der Waals surface area contributed by atoms with E-state index < -0.39 is 0 Å². The van der Waals surface area contributed by atoms with Crippen molar-refractivity contribution in [1.29, 1.82) is 0 Å². The van der Waals surface area contributed by atoms with Crippen molar-refractivity contribution < 1.29 is 14.3 Å². The first kappa shape index (κ1) is 28.7. The second-order valence-electron chi connectivity index (χ2n) is 9.50. The highest BCUT2D eigenvalue weighted by Gasteiger charge is 2.28. The number of halogens is 1. The molecule has 0 radical (unpaired) electrons. The highest BCUT2D eigenvalue weighted by atomic mass is 35.5. The predicted octanol–water partition coefficient (Wildman–Crippen LogP) is 4.13. The Balaban J connectivity index is 1.72. The number of likely N-dealkylation sites (N-methyl/N-ethyl adjacent to an activating group) is 1. The number of benzene rings is 1. The van der Waals surface area contributed by atoms with Crippen LogP contribution in [-0.4, -0.2) is 67.0 Å². The van der Waals surface area contributed by atoms with Crippen LogP contribution < -0.4 is 20.7 Å². The van der Waals surface area contributed by atoms with Crippen molar-refractivity contribution in [3.63, 3.8) is 0 Å². The number of nitrogens with one attached hydrogen (secondary N) is 4. The molecule has 1 aliphatic rings. The minimum absolute atomic E-state index is 0.176. The van der Waals surface area contributed by atoms with E-state index in [9.17, 15) is 9.59 Å². The van der Waals surface area contributed by atoms with Gasteiger partial charge in [0, 0.05) is 49.2 Å². The Morgan fingerprint density at radius 2 is 2.15 bits per heavy atom. The van der Waals surface area contributed by atoms with Crippen molar-refractivity contribution in [2.45, 2.75) is 25.8 Å². The smallest absolute Gasteiger partial charge is 0.255 e. The average Bonchev–Trinajstić information content (AvgIpc) is 3.30. The monoisotopic (exact) mass is 560 g/mol. The van der Waals surface area contributed by atoms with E-state index in [4.69, 9.17) is 16.3 Å². The predicted molar refractivity (Wildman–Crippen MR) is 158 cm³/mol. The Morgan fingerprint density at radius 1 is 1.32 bits per heavy atom. The number of aromatic nitrogens is 2. The van der Waals surface area contributed by atoms with E-state index in [0.29, 0.717) is 64.9 Å². The fourth-order valence-corrected chi connectivity index (χ4v) is 4.61. The van der Waals surface area contributed by atoms with Gasteiger partial charge in [-0.2, -0.15) is 0 Å². The summed E-state index contributed by atoms with van der Waals surface area (Å²) in [7, 11) is 5.42. The number of carbonyl (C=O) groups is 2. The van der Waals surface area contributed by atoms with Gasteiger partial charge in [-0.1, -0.05) is 42.5 Å². The second-order valence-corrected chi connectivity index (χ2v) is 9.91. The average molecular weight is 561 g/mol. The Bertz CT molecular complexity index is 1480. The van der Waals surface area contributed by atoms with Crippen LogP contribution in [0.5, 0.6) is 5.75 Å². The number of pyridine rings is 1. The fraction of sp³-hybridized carbons (Fsp3) is 0.300. The lowest BCUT2D eigenvalue weighted by atomic mass is 10.0. The standard InChI is InChI=1S/C30H33ClN6O3/c1-5-20(34-25(38)10-7-17-37(2)3)12-11-19-18-32-15-13-21(19)27-28(26-23(35-27)14-16-33-30(26)39)36-24-9-6-8-22(31)29(24)40-4/h6-10,13,15,18,20,35-36H,5,14,16-17H2,1-4H3,(H,33,39)(H,34,38)/b10-7+/t20-/m1/s1. The molecule has 1 aromatic carbocycles. The van der Waals surface area contributed by atoms with Gasteiger partial charge in [0.15, 0.2) is 5.75 Å². The highest BCUT2D eigenvalue weighted by Crippen LogP contribution is 2.41. The Hall–Kier alpha value is -4.26. The van der Waals surface area contributed by atoms with Gasteiger partial charge in [-0.25, -0.2) is 0 Å². The van der Waals surface area contributed by atoms with Crippen molar-refractivity contribution in [2.24, 2.45) is 0 Å². The number of anilines is 2. The van der Waals surface area contributed by atoms with Crippen LogP contribution in [0.4, 0.5) is 11.4 Å². The van der Waals surface area contributed by atoms with Crippen molar-refractivity contribution >= 4 is 34.8 Å². The van der Waals surface area contributed by atoms with Gasteiger partial charge in [-0.15, -0.1) is 0 Å². The fourth-order valence-electron chi connectivity index (χ4n) is 4.36. The maximum absolute atomic E-state index is 13.0. The summed E-state index contributed by atoms with van der Waals surface area (Å²) in [6.45, 7) is 3.17. The Morgan fingerprint density at radius 3 is 2.90 bits per heavy atom. The molecule has 0 bridgehead atoms. The highest BCUT2D eigenvalue weighted by molar-refractivity contribution is 6.32. The summed E-state index contributed by atoms with van der Waals surface area (Å²) in [5.74, 6) is 6.48. The molecule has 0 saturated heterocycles. The van der Waals surface area contributed by atoms with Gasteiger partial charge >= 0.3 is 0 Å². The molecule has 2 amide bonds. The third-order valence-corrected chi connectivity index (χ3v) is 6.63. The summed E-state index contributed by atoms with van der Waals surface area (Å²) in [6, 6.07) is 6.89. The third kappa shape index (κ3) is 6.65. The molecule has 3 heterocycles. The Labute approximate surface area is 239 Å². The van der Waals surface area contributed by atoms with Crippen molar-refractivity contribution in [2.75, 3.05) is 39.6 Å². The number of H-pyrrole nitrogens is 1. The largest absolute Gasteiger partial charge is 0.493 e. The van der Waals surface area contributed by atoms with Crippen LogP contribution in [0.25, 0.3) is 11.3 Å².